The maximum absolute atomic E-state index is 12.1. The van der Waals surface area contributed by atoms with E-state index in [1.165, 1.54) is 18.2 Å². The van der Waals surface area contributed by atoms with Crippen LogP contribution in [0.25, 0.3) is 0 Å². The minimum atomic E-state index is -1.24. The Morgan fingerprint density at radius 3 is 2.67 bits per heavy atom. The molecule has 0 bridgehead atoms. The van der Waals surface area contributed by atoms with E-state index in [0.717, 1.165) is 11.8 Å². The van der Waals surface area contributed by atoms with Crippen molar-refractivity contribution in [3.63, 3.8) is 0 Å². The number of nitrogens with one attached hydrogen (secondary N) is 1. The van der Waals surface area contributed by atoms with E-state index in [-0.39, 0.29) is 16.5 Å². The van der Waals surface area contributed by atoms with Crippen LogP contribution in [0.4, 0.5) is 5.69 Å². The number of benzene rings is 1. The highest BCUT2D eigenvalue weighted by atomic mass is 35.5. The number of nitro groups is 1. The van der Waals surface area contributed by atoms with Gasteiger partial charge in [-0.3, -0.25) is 14.9 Å². The van der Waals surface area contributed by atoms with Crippen LogP contribution in [0.3, 0.4) is 0 Å². The van der Waals surface area contributed by atoms with E-state index in [1.54, 1.807) is 11.8 Å². The van der Waals surface area contributed by atoms with Gasteiger partial charge in [0.2, 0.25) is 5.91 Å². The Hall–Kier alpha value is -1.45. The normalized spacial score (nSPS) is 16.4. The average Bonchev–Trinajstić information content (AvgIpc) is 2.54. The molecule has 0 aliphatic carbocycles. The average molecular weight is 391 g/mol. The summed E-state index contributed by atoms with van der Waals surface area (Å²) in [6, 6.07) is 4.20. The van der Waals surface area contributed by atoms with Crippen LogP contribution in [0.1, 0.15) is 12.8 Å². The van der Waals surface area contributed by atoms with Gasteiger partial charge in [-0.15, -0.1) is 11.8 Å². The zero-order valence-corrected chi connectivity index (χ0v) is 14.9. The van der Waals surface area contributed by atoms with Gasteiger partial charge in [-0.2, -0.15) is 11.8 Å². The van der Waals surface area contributed by atoms with Crippen LogP contribution in [0.15, 0.2) is 23.1 Å². The Kier molecular flexibility index (Phi) is 6.36. The lowest BCUT2D eigenvalue weighted by Gasteiger charge is -2.33. The first-order chi connectivity index (χ1) is 11.3. The second-order valence-electron chi connectivity index (χ2n) is 5.21. The first-order valence-electron chi connectivity index (χ1n) is 7.03. The number of carboxylic acid groups (broad SMARTS) is 1. The highest BCUT2D eigenvalue weighted by molar-refractivity contribution is 8.00. The predicted octanol–water partition coefficient (Wildman–Crippen LogP) is 2.81. The Bertz CT molecular complexity index is 665. The molecule has 1 aromatic rings. The number of rotatable bonds is 6. The number of carbonyl (C=O) groups is 2. The van der Waals surface area contributed by atoms with Gasteiger partial charge in [-0.05, 0) is 36.5 Å². The molecule has 2 N–H and O–H groups in total. The number of hydrogen-bond donors (Lipinski definition) is 2. The molecule has 1 saturated heterocycles. The molecule has 1 aliphatic heterocycles. The zero-order chi connectivity index (χ0) is 17.7. The van der Waals surface area contributed by atoms with E-state index in [4.69, 9.17) is 11.6 Å². The first-order valence-corrected chi connectivity index (χ1v) is 9.55. The lowest BCUT2D eigenvalue weighted by Crippen LogP contribution is -2.57. The molecule has 24 heavy (non-hydrogen) atoms. The summed E-state index contributed by atoms with van der Waals surface area (Å²) < 4.78 is 0. The smallest absolute Gasteiger partial charge is 0.329 e. The number of aliphatic carboxylic acids is 1. The van der Waals surface area contributed by atoms with Crippen molar-refractivity contribution in [3.05, 3.63) is 33.3 Å². The Balaban J connectivity index is 2.03. The van der Waals surface area contributed by atoms with Crippen molar-refractivity contribution >= 4 is 52.7 Å². The van der Waals surface area contributed by atoms with Crippen LogP contribution in [0.5, 0.6) is 0 Å². The quantitative estimate of drug-likeness (QED) is 0.436. The summed E-state index contributed by atoms with van der Waals surface area (Å²) in [5.41, 5.74) is -1.42. The van der Waals surface area contributed by atoms with Crippen molar-refractivity contribution in [2.24, 2.45) is 0 Å². The lowest BCUT2D eigenvalue weighted by molar-refractivity contribution is -0.387. The summed E-state index contributed by atoms with van der Waals surface area (Å²) in [7, 11) is 0. The number of nitro benzene ring substituents is 1. The van der Waals surface area contributed by atoms with E-state index in [1.807, 2.05) is 0 Å². The van der Waals surface area contributed by atoms with Crippen molar-refractivity contribution in [2.75, 3.05) is 17.3 Å². The molecule has 1 aliphatic rings. The SMILES string of the molecule is O=C(CSc1ccc(Cl)cc1[N+](=O)[O-])NC1(C(=O)O)CCSCC1. The number of amides is 1. The maximum Gasteiger partial charge on any atom is 0.329 e. The summed E-state index contributed by atoms with van der Waals surface area (Å²) in [6.45, 7) is 0. The van der Waals surface area contributed by atoms with E-state index in [9.17, 15) is 24.8 Å². The third-order valence-corrected chi connectivity index (χ3v) is 5.89. The lowest BCUT2D eigenvalue weighted by atomic mass is 9.92. The molecular formula is C14H15ClN2O5S2. The van der Waals surface area contributed by atoms with E-state index < -0.39 is 22.3 Å². The molecule has 7 nitrogen and oxygen atoms in total. The van der Waals surface area contributed by atoms with Gasteiger partial charge in [-0.1, -0.05) is 11.6 Å². The number of thioether (sulfide) groups is 2. The van der Waals surface area contributed by atoms with Gasteiger partial charge in [0.15, 0.2) is 0 Å². The van der Waals surface area contributed by atoms with Gasteiger partial charge in [-0.25, -0.2) is 4.79 Å². The minimum absolute atomic E-state index is 0.107. The van der Waals surface area contributed by atoms with Gasteiger partial charge in [0.05, 0.1) is 15.6 Å². The van der Waals surface area contributed by atoms with Gasteiger partial charge in [0.1, 0.15) is 5.54 Å². The second-order valence-corrected chi connectivity index (χ2v) is 7.88. The summed E-state index contributed by atoms with van der Waals surface area (Å²) in [6.07, 6.45) is 0.731. The molecule has 130 valence electrons. The molecule has 0 radical (unpaired) electrons. The van der Waals surface area contributed by atoms with E-state index in [0.29, 0.717) is 29.2 Å². The van der Waals surface area contributed by atoms with Crippen LogP contribution in [0.2, 0.25) is 5.02 Å². The van der Waals surface area contributed by atoms with Crippen molar-refractivity contribution in [2.45, 2.75) is 23.3 Å². The Morgan fingerprint density at radius 2 is 2.08 bits per heavy atom. The molecule has 1 amide bonds. The highest BCUT2D eigenvalue weighted by Gasteiger charge is 2.41. The molecule has 0 saturated carbocycles. The monoisotopic (exact) mass is 390 g/mol. The number of hydrogen-bond acceptors (Lipinski definition) is 6. The topological polar surface area (TPSA) is 110 Å². The number of nitrogens with zero attached hydrogens (tertiary/aromatic N) is 1. The van der Waals surface area contributed by atoms with Gasteiger partial charge in [0.25, 0.3) is 5.69 Å². The first kappa shape index (κ1) is 18.9. The molecule has 10 heteroatoms. The largest absolute Gasteiger partial charge is 0.480 e. The number of halogens is 1. The van der Waals surface area contributed by atoms with E-state index in [2.05, 4.69) is 5.32 Å². The van der Waals surface area contributed by atoms with Crippen LogP contribution >= 0.6 is 35.1 Å². The second kappa shape index (κ2) is 8.09. The van der Waals surface area contributed by atoms with Crippen LogP contribution in [-0.4, -0.2) is 44.7 Å². The van der Waals surface area contributed by atoms with Crippen LogP contribution < -0.4 is 5.32 Å². The zero-order valence-electron chi connectivity index (χ0n) is 12.5. The molecule has 1 fully saturated rings. The summed E-state index contributed by atoms with van der Waals surface area (Å²) in [5, 5.41) is 23.3. The molecule has 0 aromatic heterocycles. The fourth-order valence-corrected chi connectivity index (χ4v) is 4.47. The van der Waals surface area contributed by atoms with Gasteiger partial charge < -0.3 is 10.4 Å². The van der Waals surface area contributed by atoms with Crippen molar-refractivity contribution in [1.82, 2.24) is 5.32 Å². The molecule has 0 atom stereocenters. The molecule has 1 heterocycles. The highest BCUT2D eigenvalue weighted by Crippen LogP contribution is 2.32. The van der Waals surface area contributed by atoms with Crippen molar-refractivity contribution in [1.29, 1.82) is 0 Å². The summed E-state index contributed by atoms with van der Waals surface area (Å²) in [4.78, 5) is 34.4. The summed E-state index contributed by atoms with van der Waals surface area (Å²) in [5.74, 6) is -0.271. The maximum atomic E-state index is 12.1. The van der Waals surface area contributed by atoms with E-state index >= 15 is 0 Å². The molecular weight excluding hydrogens is 376 g/mol. The van der Waals surface area contributed by atoms with Gasteiger partial charge >= 0.3 is 5.97 Å². The van der Waals surface area contributed by atoms with Crippen LogP contribution in [-0.2, 0) is 9.59 Å². The predicted molar refractivity (Wildman–Crippen MR) is 93.9 cm³/mol. The van der Waals surface area contributed by atoms with Crippen molar-refractivity contribution < 1.29 is 19.6 Å². The fraction of sp³-hybridized carbons (Fsp3) is 0.429. The molecule has 2 rings (SSSR count). The molecule has 1 aromatic carbocycles. The Morgan fingerprint density at radius 1 is 1.42 bits per heavy atom. The molecule has 0 unspecified atom stereocenters. The third-order valence-electron chi connectivity index (χ3n) is 3.61. The third kappa shape index (κ3) is 4.55. The Labute approximate surface area is 151 Å². The number of carbonyl (C=O) groups excluding carboxylic acids is 1. The van der Waals surface area contributed by atoms with Crippen molar-refractivity contribution in [3.8, 4) is 0 Å². The summed E-state index contributed by atoms with van der Waals surface area (Å²) >= 11 is 8.38. The standard InChI is InChI=1S/C14H15ClN2O5S2/c15-9-1-2-11(10(7-9)17(21)22)24-8-12(18)16-14(13(19)20)3-5-23-6-4-14/h1-2,7H,3-6,8H2,(H,16,18)(H,19,20). The van der Waals surface area contributed by atoms with Gasteiger partial charge in [0, 0.05) is 11.1 Å². The fourth-order valence-electron chi connectivity index (χ4n) is 2.31. The number of carboxylic acids is 1. The molecule has 0 spiro atoms. The van der Waals surface area contributed by atoms with Crippen LogP contribution in [0, 0.1) is 10.1 Å². The minimum Gasteiger partial charge on any atom is -0.480 e.